The van der Waals surface area contributed by atoms with Crippen molar-refractivity contribution in [3.8, 4) is 5.75 Å². The van der Waals surface area contributed by atoms with Gasteiger partial charge < -0.3 is 42.6 Å². The SMILES string of the molecule is COc1ccc(CO[C@H]2[C@H]([C@H](OC(C)=O)[C@H]3OC(OC(C)=O)C=CC3=O)OC(C[C@H](COC(C)=O)OC(C)=O)[C@@H]2OCc2ccccc2)cc1. The zero-order valence-corrected chi connectivity index (χ0v) is 28.5. The smallest absolute Gasteiger partial charge is 0.305 e. The number of methoxy groups -OCH3 is 1. The van der Waals surface area contributed by atoms with Gasteiger partial charge in [-0.15, -0.1) is 0 Å². The fourth-order valence-electron chi connectivity index (χ4n) is 5.62. The summed E-state index contributed by atoms with van der Waals surface area (Å²) in [5.41, 5.74) is 1.59. The summed E-state index contributed by atoms with van der Waals surface area (Å²) in [6, 6.07) is 16.5. The Balaban J connectivity index is 1.74. The molecule has 2 aromatic rings. The zero-order chi connectivity index (χ0) is 36.2. The lowest BCUT2D eigenvalue weighted by Gasteiger charge is -2.35. The van der Waals surface area contributed by atoms with E-state index in [-0.39, 0.29) is 26.2 Å². The predicted molar refractivity (Wildman–Crippen MR) is 172 cm³/mol. The van der Waals surface area contributed by atoms with E-state index in [2.05, 4.69) is 0 Å². The maximum atomic E-state index is 13.3. The van der Waals surface area contributed by atoms with E-state index in [1.54, 1.807) is 19.2 Å². The van der Waals surface area contributed by atoms with Crippen molar-refractivity contribution in [2.45, 2.75) is 96.3 Å². The van der Waals surface area contributed by atoms with Gasteiger partial charge in [-0.2, -0.15) is 0 Å². The normalized spacial score (nSPS) is 24.1. The van der Waals surface area contributed by atoms with Crippen LogP contribution in [0.4, 0.5) is 0 Å². The highest BCUT2D eigenvalue weighted by Crippen LogP contribution is 2.36. The van der Waals surface area contributed by atoms with E-state index in [1.807, 2.05) is 42.5 Å². The van der Waals surface area contributed by atoms with E-state index >= 15 is 0 Å². The van der Waals surface area contributed by atoms with Gasteiger partial charge in [0.1, 0.15) is 36.8 Å². The largest absolute Gasteiger partial charge is 0.497 e. The molecule has 1 saturated heterocycles. The van der Waals surface area contributed by atoms with Crippen LogP contribution in [-0.4, -0.2) is 92.4 Å². The zero-order valence-electron chi connectivity index (χ0n) is 28.5. The topological polar surface area (TPSA) is 168 Å². The molecule has 4 rings (SSSR count). The molecule has 0 N–H and O–H groups in total. The van der Waals surface area contributed by atoms with E-state index in [0.29, 0.717) is 5.75 Å². The number of esters is 4. The Bertz CT molecular complexity index is 1490. The van der Waals surface area contributed by atoms with Gasteiger partial charge in [-0.1, -0.05) is 42.5 Å². The third-order valence-electron chi connectivity index (χ3n) is 7.72. The Kier molecular flexibility index (Phi) is 14.0. The molecule has 0 aromatic heterocycles. The van der Waals surface area contributed by atoms with E-state index in [1.165, 1.54) is 39.8 Å². The van der Waals surface area contributed by atoms with Crippen LogP contribution < -0.4 is 4.74 Å². The Labute approximate surface area is 289 Å². The molecule has 50 heavy (non-hydrogen) atoms. The molecule has 0 spiro atoms. The minimum absolute atomic E-state index is 0.0343. The quantitative estimate of drug-likeness (QED) is 0.185. The van der Waals surface area contributed by atoms with Crippen LogP contribution in [0.15, 0.2) is 66.7 Å². The van der Waals surface area contributed by atoms with Gasteiger partial charge in [-0.3, -0.25) is 24.0 Å². The average molecular weight is 699 g/mol. The van der Waals surface area contributed by atoms with Crippen molar-refractivity contribution in [1.29, 1.82) is 0 Å². The number of carbonyl (C=O) groups is 5. The third-order valence-corrected chi connectivity index (χ3v) is 7.72. The van der Waals surface area contributed by atoms with Crippen molar-refractivity contribution >= 4 is 29.7 Å². The molecule has 0 aliphatic carbocycles. The highest BCUT2D eigenvalue weighted by atomic mass is 16.7. The van der Waals surface area contributed by atoms with Crippen LogP contribution in [-0.2, 0) is 75.1 Å². The molecular weight excluding hydrogens is 656 g/mol. The van der Waals surface area contributed by atoms with E-state index in [0.717, 1.165) is 11.1 Å². The van der Waals surface area contributed by atoms with Crippen molar-refractivity contribution < 1.29 is 66.6 Å². The molecule has 2 heterocycles. The molecule has 0 bridgehead atoms. The second-order valence-corrected chi connectivity index (χ2v) is 11.7. The van der Waals surface area contributed by atoms with Crippen molar-refractivity contribution in [1.82, 2.24) is 0 Å². The predicted octanol–water partition coefficient (Wildman–Crippen LogP) is 3.16. The Morgan fingerprint density at radius 3 is 2.00 bits per heavy atom. The molecule has 0 amide bonds. The number of hydrogen-bond acceptors (Lipinski definition) is 14. The number of ketones is 1. The summed E-state index contributed by atoms with van der Waals surface area (Å²) in [4.78, 5) is 61.3. The highest BCUT2D eigenvalue weighted by Gasteiger charge is 2.55. The molecule has 2 aromatic carbocycles. The first-order chi connectivity index (χ1) is 23.9. The summed E-state index contributed by atoms with van der Waals surface area (Å²) in [7, 11) is 1.55. The first-order valence-electron chi connectivity index (χ1n) is 16.0. The molecule has 2 unspecified atom stereocenters. The van der Waals surface area contributed by atoms with Crippen LogP contribution in [0.3, 0.4) is 0 Å². The second-order valence-electron chi connectivity index (χ2n) is 11.7. The second kappa shape index (κ2) is 18.4. The van der Waals surface area contributed by atoms with Gasteiger partial charge in [0.25, 0.3) is 0 Å². The fraction of sp³-hybridized carbons (Fsp3) is 0.472. The Morgan fingerprint density at radius 1 is 0.760 bits per heavy atom. The number of rotatable bonds is 16. The summed E-state index contributed by atoms with van der Waals surface area (Å²) in [5, 5.41) is 0. The molecule has 8 atom stereocenters. The van der Waals surface area contributed by atoms with Gasteiger partial charge in [0, 0.05) is 34.1 Å². The van der Waals surface area contributed by atoms with Gasteiger partial charge in [0.2, 0.25) is 6.29 Å². The fourth-order valence-corrected chi connectivity index (χ4v) is 5.62. The lowest BCUT2D eigenvalue weighted by Crippen LogP contribution is -2.53. The molecule has 0 saturated carbocycles. The first kappa shape index (κ1) is 38.2. The van der Waals surface area contributed by atoms with Crippen LogP contribution in [0.1, 0.15) is 45.2 Å². The van der Waals surface area contributed by atoms with Gasteiger partial charge in [0.05, 0.1) is 26.4 Å². The third kappa shape index (κ3) is 11.2. The van der Waals surface area contributed by atoms with Gasteiger partial charge in [0.15, 0.2) is 18.0 Å². The standard InChI is InChI=1S/C36H42O14/c1-21(37)43-20-28(46-22(2)38)17-30-33(44-18-25-9-7-6-8-10-25)34(45-19-26-11-13-27(42-5)14-12-26)36(49-30)35(48-24(4)40)32-29(41)15-16-31(50-32)47-23(3)39/h6-16,28,30-36H,17-20H2,1-5H3/t28-,30?,31?,32+,33+,34-,35-,36-/m1/s1. The minimum Gasteiger partial charge on any atom is -0.497 e. The molecular formula is C36H42O14. The monoisotopic (exact) mass is 698 g/mol. The van der Waals surface area contributed by atoms with Gasteiger partial charge in [-0.25, -0.2) is 0 Å². The van der Waals surface area contributed by atoms with E-state index in [4.69, 9.17) is 42.6 Å². The lowest BCUT2D eigenvalue weighted by molar-refractivity contribution is -0.211. The maximum Gasteiger partial charge on any atom is 0.305 e. The lowest BCUT2D eigenvalue weighted by atomic mass is 9.95. The molecule has 2 aliphatic rings. The van der Waals surface area contributed by atoms with Crippen LogP contribution in [0.5, 0.6) is 5.75 Å². The first-order valence-corrected chi connectivity index (χ1v) is 16.0. The Hall–Kier alpha value is -4.63. The maximum absolute atomic E-state index is 13.3. The molecule has 270 valence electrons. The molecule has 1 fully saturated rings. The van der Waals surface area contributed by atoms with Crippen LogP contribution in [0.2, 0.25) is 0 Å². The number of hydrogen-bond donors (Lipinski definition) is 0. The van der Waals surface area contributed by atoms with Gasteiger partial charge in [-0.05, 0) is 35.4 Å². The van der Waals surface area contributed by atoms with Crippen molar-refractivity contribution in [2.75, 3.05) is 13.7 Å². The van der Waals surface area contributed by atoms with Gasteiger partial charge >= 0.3 is 23.9 Å². The number of carbonyl (C=O) groups excluding carboxylic acids is 5. The van der Waals surface area contributed by atoms with Crippen LogP contribution in [0, 0.1) is 0 Å². The van der Waals surface area contributed by atoms with Crippen molar-refractivity contribution in [2.24, 2.45) is 0 Å². The summed E-state index contributed by atoms with van der Waals surface area (Å²) in [5.74, 6) is -2.54. The highest BCUT2D eigenvalue weighted by molar-refractivity contribution is 5.95. The minimum atomic E-state index is -1.47. The van der Waals surface area contributed by atoms with Crippen molar-refractivity contribution in [3.63, 3.8) is 0 Å². The van der Waals surface area contributed by atoms with E-state index in [9.17, 15) is 24.0 Å². The summed E-state index contributed by atoms with van der Waals surface area (Å²) in [6.07, 6.45) is -6.72. The number of ether oxygens (including phenoxy) is 9. The molecule has 14 heteroatoms. The molecule has 0 radical (unpaired) electrons. The van der Waals surface area contributed by atoms with Crippen molar-refractivity contribution in [3.05, 3.63) is 77.9 Å². The molecule has 14 nitrogen and oxygen atoms in total. The van der Waals surface area contributed by atoms with E-state index < -0.39 is 78.7 Å². The average Bonchev–Trinajstić information content (AvgIpc) is 3.41. The van der Waals surface area contributed by atoms with Crippen LogP contribution in [0.25, 0.3) is 0 Å². The number of benzene rings is 2. The summed E-state index contributed by atoms with van der Waals surface area (Å²) < 4.78 is 52.2. The summed E-state index contributed by atoms with van der Waals surface area (Å²) in [6.45, 7) is 4.67. The Morgan fingerprint density at radius 2 is 1.40 bits per heavy atom. The van der Waals surface area contributed by atoms with Crippen LogP contribution >= 0.6 is 0 Å². The summed E-state index contributed by atoms with van der Waals surface area (Å²) >= 11 is 0. The molecule has 2 aliphatic heterocycles.